The highest BCUT2D eigenvalue weighted by molar-refractivity contribution is 7.86. The van der Waals surface area contributed by atoms with Crippen molar-refractivity contribution in [1.82, 2.24) is 0 Å². The predicted molar refractivity (Wildman–Crippen MR) is 171 cm³/mol. The van der Waals surface area contributed by atoms with Gasteiger partial charge in [-0.15, -0.1) is 0 Å². The third-order valence-corrected chi connectivity index (χ3v) is 10.5. The Kier molecular flexibility index (Phi) is 7.41. The van der Waals surface area contributed by atoms with Gasteiger partial charge in [0.25, 0.3) is 10.1 Å². The molecule has 43 heavy (non-hydrogen) atoms. The van der Waals surface area contributed by atoms with Gasteiger partial charge in [-0.05, 0) is 99.9 Å². The number of carbonyl (C=O) groups is 2. The highest BCUT2D eigenvalue weighted by Gasteiger charge is 2.44. The largest absolute Gasteiger partial charge is 0.481 e. The van der Waals surface area contributed by atoms with Crippen molar-refractivity contribution in [1.29, 1.82) is 0 Å². The van der Waals surface area contributed by atoms with Crippen LogP contribution in [0.4, 0.5) is 11.4 Å². The van der Waals surface area contributed by atoms with Gasteiger partial charge in [0, 0.05) is 58.5 Å². The molecule has 0 amide bonds. The number of rotatable bonds is 7. The predicted octanol–water partition coefficient (Wildman–Crippen LogP) is 6.40. The minimum atomic E-state index is -4.30. The van der Waals surface area contributed by atoms with Gasteiger partial charge in [-0.25, -0.2) is 0 Å². The minimum Gasteiger partial charge on any atom is -0.481 e. The lowest BCUT2D eigenvalue weighted by atomic mass is 9.66. The molecule has 2 heterocycles. The Hall–Kier alpha value is -3.17. The lowest BCUT2D eigenvalue weighted by molar-refractivity contribution is -0.137. The van der Waals surface area contributed by atoms with Gasteiger partial charge in [-0.2, -0.15) is 8.42 Å². The van der Waals surface area contributed by atoms with Crippen LogP contribution in [-0.4, -0.2) is 59.7 Å². The number of anilines is 2. The minimum absolute atomic E-state index is 0.0940. The van der Waals surface area contributed by atoms with Crippen LogP contribution >= 0.6 is 0 Å². The molecule has 2 N–H and O–H groups in total. The number of fused-ring (bicyclic) bond motifs is 4. The second kappa shape index (κ2) is 10.2. The monoisotopic (exact) mass is 608 g/mol. The summed E-state index contributed by atoms with van der Waals surface area (Å²) >= 11 is 0. The van der Waals surface area contributed by atoms with Crippen LogP contribution < -0.4 is 9.80 Å². The van der Waals surface area contributed by atoms with Gasteiger partial charge in [0.15, 0.2) is 5.78 Å². The van der Waals surface area contributed by atoms with Crippen molar-refractivity contribution in [3.05, 3.63) is 63.7 Å². The Morgan fingerprint density at radius 2 is 1.56 bits per heavy atom. The van der Waals surface area contributed by atoms with Gasteiger partial charge in [-0.3, -0.25) is 14.1 Å². The number of nitrogens with zero attached hydrogens (tertiary/aromatic N) is 2. The van der Waals surface area contributed by atoms with Crippen molar-refractivity contribution in [2.45, 2.75) is 97.1 Å². The van der Waals surface area contributed by atoms with Crippen LogP contribution in [0.25, 0.3) is 5.57 Å². The van der Waals surface area contributed by atoms with Crippen LogP contribution in [0.1, 0.15) is 119 Å². The molecule has 1 atom stereocenters. The molecule has 2 aliphatic heterocycles. The standard InChI is InChI=1S/C34H44N2O6S/c1-9-35-29-16-27-25(14-23(29)21(18-33(35,5)6)19-43(40,41)42)31(39)24-13-22-20(2)17-32(3,4)36(12-10-11-30(37)38)28(22)15-26(24)34(27,7)8/h13-16,18,20H,9-12,17,19H2,1-8H3,(H,37,38)(H,40,41,42). The second-order valence-electron chi connectivity index (χ2n) is 14.2. The molecule has 1 unspecified atom stereocenters. The number of benzene rings is 2. The first-order valence-corrected chi connectivity index (χ1v) is 16.8. The molecular formula is C34H44N2O6S. The van der Waals surface area contributed by atoms with Crippen LogP contribution in [0.2, 0.25) is 0 Å². The van der Waals surface area contributed by atoms with Gasteiger partial charge < -0.3 is 14.9 Å². The molecular weight excluding hydrogens is 564 g/mol. The van der Waals surface area contributed by atoms with E-state index in [0.29, 0.717) is 41.8 Å². The smallest absolute Gasteiger partial charge is 0.303 e. The molecule has 0 radical (unpaired) electrons. The van der Waals surface area contributed by atoms with E-state index in [2.05, 4.69) is 50.5 Å². The zero-order valence-electron chi connectivity index (χ0n) is 26.5. The quantitative estimate of drug-likeness (QED) is 0.347. The van der Waals surface area contributed by atoms with E-state index in [9.17, 15) is 27.7 Å². The van der Waals surface area contributed by atoms with Crippen LogP contribution in [0.3, 0.4) is 0 Å². The molecule has 2 aromatic rings. The first-order valence-electron chi connectivity index (χ1n) is 15.1. The van der Waals surface area contributed by atoms with Gasteiger partial charge in [0.1, 0.15) is 5.75 Å². The summed E-state index contributed by atoms with van der Waals surface area (Å²) < 4.78 is 33.8. The summed E-state index contributed by atoms with van der Waals surface area (Å²) in [5.41, 5.74) is 5.92. The Bertz CT molecular complexity index is 1670. The van der Waals surface area contributed by atoms with E-state index in [1.165, 1.54) is 0 Å². The number of ketones is 1. The summed E-state index contributed by atoms with van der Waals surface area (Å²) in [6, 6.07) is 8.08. The highest BCUT2D eigenvalue weighted by Crippen LogP contribution is 2.51. The maximum Gasteiger partial charge on any atom is 0.303 e. The van der Waals surface area contributed by atoms with Gasteiger partial charge in [-0.1, -0.05) is 26.8 Å². The van der Waals surface area contributed by atoms with E-state index in [1.807, 2.05) is 45.0 Å². The van der Waals surface area contributed by atoms with Crippen molar-refractivity contribution in [2.75, 3.05) is 28.6 Å². The molecule has 2 aromatic carbocycles. The number of aliphatic carboxylic acids is 1. The third-order valence-electron chi connectivity index (χ3n) is 9.78. The van der Waals surface area contributed by atoms with Crippen LogP contribution in [-0.2, 0) is 20.3 Å². The number of carboxylic acid groups (broad SMARTS) is 1. The van der Waals surface area contributed by atoms with Gasteiger partial charge >= 0.3 is 5.97 Å². The molecule has 9 heteroatoms. The third kappa shape index (κ3) is 5.29. The molecule has 0 saturated carbocycles. The van der Waals surface area contributed by atoms with Crippen LogP contribution in [0.5, 0.6) is 0 Å². The fourth-order valence-electron chi connectivity index (χ4n) is 7.90. The maximum atomic E-state index is 14.3. The van der Waals surface area contributed by atoms with E-state index >= 15 is 0 Å². The summed E-state index contributed by atoms with van der Waals surface area (Å²) in [6.45, 7) is 18.2. The zero-order valence-corrected chi connectivity index (χ0v) is 27.4. The summed E-state index contributed by atoms with van der Waals surface area (Å²) in [7, 11) is -4.30. The summed E-state index contributed by atoms with van der Waals surface area (Å²) in [5, 5.41) is 9.28. The fourth-order valence-corrected chi connectivity index (χ4v) is 8.53. The van der Waals surface area contributed by atoms with Crippen molar-refractivity contribution in [3.63, 3.8) is 0 Å². The first-order chi connectivity index (χ1) is 19.8. The molecule has 0 bridgehead atoms. The van der Waals surface area contributed by atoms with Crippen molar-refractivity contribution in [2.24, 2.45) is 0 Å². The Labute approximate surface area is 255 Å². The lowest BCUT2D eigenvalue weighted by Crippen LogP contribution is -2.49. The first kappa shape index (κ1) is 31.3. The van der Waals surface area contributed by atoms with E-state index in [1.54, 1.807) is 0 Å². The Balaban J connectivity index is 1.70. The number of likely N-dealkylation sites (N-methyl/N-ethyl adjacent to an activating group) is 1. The van der Waals surface area contributed by atoms with Crippen molar-refractivity contribution < 1.29 is 27.7 Å². The SMILES string of the molecule is CCN1c2cc3c(cc2C(CS(=O)(=O)O)=CC1(C)C)C(=O)c1cc2c(cc1C3(C)C)N(CCCC(=O)O)C(C)(C)CC2C. The highest BCUT2D eigenvalue weighted by atomic mass is 32.2. The second-order valence-corrected chi connectivity index (χ2v) is 15.6. The average molecular weight is 609 g/mol. The Morgan fingerprint density at radius 3 is 2.14 bits per heavy atom. The summed E-state index contributed by atoms with van der Waals surface area (Å²) in [5.74, 6) is -1.22. The topological polar surface area (TPSA) is 115 Å². The molecule has 3 aliphatic rings. The summed E-state index contributed by atoms with van der Waals surface area (Å²) in [4.78, 5) is 30.1. The van der Waals surface area contributed by atoms with Gasteiger partial charge in [0.05, 0.1) is 5.54 Å². The van der Waals surface area contributed by atoms with E-state index in [4.69, 9.17) is 0 Å². The molecule has 1 aliphatic carbocycles. The summed E-state index contributed by atoms with van der Waals surface area (Å²) in [6.07, 6.45) is 3.39. The number of carbonyl (C=O) groups excluding carboxylic acids is 1. The van der Waals surface area contributed by atoms with Crippen LogP contribution in [0, 0.1) is 0 Å². The molecule has 8 nitrogen and oxygen atoms in total. The average Bonchev–Trinajstić information content (AvgIpc) is 2.86. The Morgan fingerprint density at radius 1 is 0.953 bits per heavy atom. The van der Waals surface area contributed by atoms with Crippen LogP contribution in [0.15, 0.2) is 30.3 Å². The van der Waals surface area contributed by atoms with E-state index in [-0.39, 0.29) is 23.7 Å². The molecule has 5 rings (SSSR count). The van der Waals surface area contributed by atoms with Crippen molar-refractivity contribution in [3.8, 4) is 0 Å². The molecule has 0 fully saturated rings. The number of hydrogen-bond acceptors (Lipinski definition) is 6. The zero-order chi connectivity index (χ0) is 31.9. The molecule has 0 aromatic heterocycles. The molecule has 0 saturated heterocycles. The lowest BCUT2D eigenvalue weighted by Gasteiger charge is -2.49. The molecule has 0 spiro atoms. The van der Waals surface area contributed by atoms with Gasteiger partial charge in [0.2, 0.25) is 0 Å². The van der Waals surface area contributed by atoms with Crippen molar-refractivity contribution >= 4 is 38.8 Å². The normalized spacial score (nSPS) is 21.4. The van der Waals surface area contributed by atoms with E-state index < -0.39 is 32.8 Å². The fraction of sp³-hybridized carbons (Fsp3) is 0.529. The maximum absolute atomic E-state index is 14.3. The van der Waals surface area contributed by atoms with E-state index in [0.717, 1.165) is 34.5 Å². The number of hydrogen-bond donors (Lipinski definition) is 2. The molecule has 232 valence electrons. The number of carboxylic acids is 1.